The Morgan fingerprint density at radius 2 is 2.24 bits per heavy atom. The summed E-state index contributed by atoms with van der Waals surface area (Å²) in [4.78, 5) is 11.1. The average Bonchev–Trinajstić information content (AvgIpc) is 2.89. The van der Waals surface area contributed by atoms with E-state index in [-0.39, 0.29) is 5.88 Å². The predicted octanol–water partition coefficient (Wildman–Crippen LogP) is 2.85. The van der Waals surface area contributed by atoms with Crippen molar-refractivity contribution in [2.75, 3.05) is 0 Å². The van der Waals surface area contributed by atoms with Gasteiger partial charge < -0.3 is 9.73 Å². The molecule has 2 aromatic heterocycles. The van der Waals surface area contributed by atoms with Gasteiger partial charge in [-0.05, 0) is 30.0 Å². The Morgan fingerprint density at radius 1 is 1.41 bits per heavy atom. The first-order valence-corrected chi connectivity index (χ1v) is 6.01. The molecule has 0 atom stereocenters. The van der Waals surface area contributed by atoms with Gasteiger partial charge >= 0.3 is 5.88 Å². The molecule has 17 heavy (non-hydrogen) atoms. The van der Waals surface area contributed by atoms with Gasteiger partial charge in [-0.25, -0.2) is 0 Å². The van der Waals surface area contributed by atoms with Crippen molar-refractivity contribution in [2.24, 2.45) is 0 Å². The van der Waals surface area contributed by atoms with Gasteiger partial charge in [0.15, 0.2) is 0 Å². The highest BCUT2D eigenvalue weighted by atomic mass is 32.1. The van der Waals surface area contributed by atoms with Gasteiger partial charge in [-0.2, -0.15) is 0 Å². The molecule has 2 aromatic rings. The number of rotatable bonds is 5. The third-order valence-electron chi connectivity index (χ3n) is 2.38. The quantitative estimate of drug-likeness (QED) is 0.656. The molecule has 5 nitrogen and oxygen atoms in total. The normalized spacial score (nSPS) is 10.6. The van der Waals surface area contributed by atoms with Crippen molar-refractivity contribution in [3.8, 4) is 0 Å². The van der Waals surface area contributed by atoms with E-state index in [1.54, 1.807) is 17.4 Å². The molecule has 2 rings (SSSR count). The molecule has 0 aliphatic carbocycles. The van der Waals surface area contributed by atoms with E-state index in [0.29, 0.717) is 12.3 Å². The van der Waals surface area contributed by atoms with Crippen LogP contribution in [0.4, 0.5) is 5.88 Å². The van der Waals surface area contributed by atoms with Crippen molar-refractivity contribution in [3.05, 3.63) is 49.9 Å². The fraction of sp³-hybridized carbons (Fsp3) is 0.273. The standard InChI is InChI=1S/C11H12N2O3S/c1-8-4-5-17-10(8)7-12-6-9-2-3-11(16-9)13(14)15/h2-5,12H,6-7H2,1H3. The molecule has 0 amide bonds. The molecule has 0 saturated heterocycles. The topological polar surface area (TPSA) is 68.3 Å². The Balaban J connectivity index is 1.86. The maximum atomic E-state index is 10.4. The van der Waals surface area contributed by atoms with Crippen molar-refractivity contribution < 1.29 is 9.34 Å². The Bertz CT molecular complexity index is 518. The first-order valence-electron chi connectivity index (χ1n) is 5.13. The van der Waals surface area contributed by atoms with Gasteiger partial charge in [0.05, 0.1) is 12.6 Å². The van der Waals surface area contributed by atoms with Gasteiger partial charge in [-0.3, -0.25) is 10.1 Å². The molecule has 90 valence electrons. The van der Waals surface area contributed by atoms with Crippen LogP contribution in [0.3, 0.4) is 0 Å². The predicted molar refractivity (Wildman–Crippen MR) is 65.0 cm³/mol. The summed E-state index contributed by atoms with van der Waals surface area (Å²) in [6.07, 6.45) is 0. The zero-order chi connectivity index (χ0) is 12.3. The number of aryl methyl sites for hydroxylation is 1. The molecule has 2 heterocycles. The fourth-order valence-electron chi connectivity index (χ4n) is 1.44. The summed E-state index contributed by atoms with van der Waals surface area (Å²) in [5.41, 5.74) is 1.26. The molecule has 0 aromatic carbocycles. The van der Waals surface area contributed by atoms with Crippen LogP contribution < -0.4 is 5.32 Å². The summed E-state index contributed by atoms with van der Waals surface area (Å²) in [7, 11) is 0. The van der Waals surface area contributed by atoms with Crippen LogP contribution in [0.1, 0.15) is 16.2 Å². The number of hydrogen-bond acceptors (Lipinski definition) is 5. The molecule has 0 aliphatic rings. The minimum atomic E-state index is -0.535. The van der Waals surface area contributed by atoms with Crippen molar-refractivity contribution in [2.45, 2.75) is 20.0 Å². The van der Waals surface area contributed by atoms with Crippen LogP contribution in [0.25, 0.3) is 0 Å². The monoisotopic (exact) mass is 252 g/mol. The van der Waals surface area contributed by atoms with Gasteiger partial charge in [0, 0.05) is 11.4 Å². The van der Waals surface area contributed by atoms with E-state index in [9.17, 15) is 10.1 Å². The van der Waals surface area contributed by atoms with Crippen LogP contribution in [-0.4, -0.2) is 4.92 Å². The van der Waals surface area contributed by atoms with Gasteiger partial charge in [0.1, 0.15) is 10.7 Å². The summed E-state index contributed by atoms with van der Waals surface area (Å²) in [5, 5.41) is 15.6. The fourth-order valence-corrected chi connectivity index (χ4v) is 2.32. The number of furan rings is 1. The average molecular weight is 252 g/mol. The minimum Gasteiger partial charge on any atom is -0.404 e. The lowest BCUT2D eigenvalue weighted by Gasteiger charge is -2.01. The summed E-state index contributed by atoms with van der Waals surface area (Å²) >= 11 is 1.69. The lowest BCUT2D eigenvalue weighted by atomic mass is 10.3. The van der Waals surface area contributed by atoms with Gasteiger partial charge in [-0.15, -0.1) is 11.3 Å². The highest BCUT2D eigenvalue weighted by Gasteiger charge is 2.11. The number of nitrogens with one attached hydrogen (secondary N) is 1. The van der Waals surface area contributed by atoms with E-state index in [0.717, 1.165) is 6.54 Å². The first-order chi connectivity index (χ1) is 8.16. The van der Waals surface area contributed by atoms with Crippen LogP contribution in [0.15, 0.2) is 28.0 Å². The summed E-state index contributed by atoms with van der Waals surface area (Å²) in [6.45, 7) is 3.30. The molecule has 0 fully saturated rings. The molecule has 0 aliphatic heterocycles. The van der Waals surface area contributed by atoms with E-state index in [4.69, 9.17) is 4.42 Å². The maximum absolute atomic E-state index is 10.4. The van der Waals surface area contributed by atoms with Crippen molar-refractivity contribution >= 4 is 17.2 Å². The lowest BCUT2D eigenvalue weighted by Crippen LogP contribution is -2.11. The largest absolute Gasteiger partial charge is 0.433 e. The Hall–Kier alpha value is -1.66. The van der Waals surface area contributed by atoms with E-state index >= 15 is 0 Å². The third kappa shape index (κ3) is 2.92. The highest BCUT2D eigenvalue weighted by molar-refractivity contribution is 7.10. The smallest absolute Gasteiger partial charge is 0.404 e. The molecule has 0 unspecified atom stereocenters. The van der Waals surface area contributed by atoms with Crippen LogP contribution in [0.2, 0.25) is 0 Å². The van der Waals surface area contributed by atoms with E-state index in [2.05, 4.69) is 18.3 Å². The highest BCUT2D eigenvalue weighted by Crippen LogP contribution is 2.17. The van der Waals surface area contributed by atoms with Crippen LogP contribution in [0, 0.1) is 17.0 Å². The number of nitrogens with zero attached hydrogens (tertiary/aromatic N) is 1. The van der Waals surface area contributed by atoms with Crippen molar-refractivity contribution in [1.29, 1.82) is 0 Å². The molecule has 0 spiro atoms. The van der Waals surface area contributed by atoms with Crippen LogP contribution in [0.5, 0.6) is 0 Å². The molecule has 6 heteroatoms. The zero-order valence-corrected chi connectivity index (χ0v) is 10.1. The number of thiophene rings is 1. The summed E-state index contributed by atoms with van der Waals surface area (Å²) in [6, 6.07) is 5.05. The first kappa shape index (κ1) is 11.8. The molecule has 0 bridgehead atoms. The minimum absolute atomic E-state index is 0.214. The van der Waals surface area contributed by atoms with Crippen LogP contribution in [-0.2, 0) is 13.1 Å². The van der Waals surface area contributed by atoms with Crippen molar-refractivity contribution in [1.82, 2.24) is 5.32 Å². The summed E-state index contributed by atoms with van der Waals surface area (Å²) in [5.74, 6) is 0.361. The second kappa shape index (κ2) is 5.11. The van der Waals surface area contributed by atoms with Gasteiger partial charge in [0.2, 0.25) is 0 Å². The molecular formula is C11H12N2O3S. The SMILES string of the molecule is Cc1ccsc1CNCc1ccc([N+](=O)[O-])o1. The van der Waals surface area contributed by atoms with E-state index in [1.807, 2.05) is 5.38 Å². The van der Waals surface area contributed by atoms with E-state index in [1.165, 1.54) is 16.5 Å². The maximum Gasteiger partial charge on any atom is 0.433 e. The Morgan fingerprint density at radius 3 is 2.82 bits per heavy atom. The molecule has 0 radical (unpaired) electrons. The number of hydrogen-bond donors (Lipinski definition) is 1. The third-order valence-corrected chi connectivity index (χ3v) is 3.40. The molecule has 1 N–H and O–H groups in total. The lowest BCUT2D eigenvalue weighted by molar-refractivity contribution is -0.402. The van der Waals surface area contributed by atoms with Gasteiger partial charge in [-0.1, -0.05) is 0 Å². The van der Waals surface area contributed by atoms with E-state index < -0.39 is 4.92 Å². The van der Waals surface area contributed by atoms with Crippen LogP contribution >= 0.6 is 11.3 Å². The Labute approximate surface area is 102 Å². The second-order valence-electron chi connectivity index (χ2n) is 3.63. The summed E-state index contributed by atoms with van der Waals surface area (Å²) < 4.78 is 5.04. The second-order valence-corrected chi connectivity index (χ2v) is 4.63. The van der Waals surface area contributed by atoms with Gasteiger partial charge in [0.25, 0.3) is 0 Å². The zero-order valence-electron chi connectivity index (χ0n) is 9.30. The molecular weight excluding hydrogens is 240 g/mol. The Kier molecular flexibility index (Phi) is 3.55. The molecule has 0 saturated carbocycles. The van der Waals surface area contributed by atoms with Crippen molar-refractivity contribution in [3.63, 3.8) is 0 Å². The number of nitro groups is 1.